The number of H-pyrrole nitrogens is 1. The van der Waals surface area contributed by atoms with Gasteiger partial charge in [0.15, 0.2) is 5.78 Å². The molecule has 20 heavy (non-hydrogen) atoms. The van der Waals surface area contributed by atoms with E-state index in [0.717, 1.165) is 16.5 Å². The van der Waals surface area contributed by atoms with Crippen LogP contribution < -0.4 is 0 Å². The van der Waals surface area contributed by atoms with Crippen LogP contribution in [0.4, 0.5) is 4.39 Å². The van der Waals surface area contributed by atoms with Crippen LogP contribution in [0.2, 0.25) is 5.02 Å². The summed E-state index contributed by atoms with van der Waals surface area (Å²) in [4.78, 5) is 15.5. The van der Waals surface area contributed by atoms with E-state index in [4.69, 9.17) is 11.6 Å². The van der Waals surface area contributed by atoms with Crippen LogP contribution in [0.3, 0.4) is 0 Å². The number of rotatable bonds is 2. The zero-order valence-corrected chi connectivity index (χ0v) is 11.5. The third-order valence-corrected chi connectivity index (χ3v) is 3.55. The SMILES string of the molecule is Cc1ccc2c(C(=O)c3ccc(F)c(Cl)c3)c[nH]c2c1. The van der Waals surface area contributed by atoms with E-state index >= 15 is 0 Å². The van der Waals surface area contributed by atoms with Gasteiger partial charge in [0.1, 0.15) is 5.82 Å². The summed E-state index contributed by atoms with van der Waals surface area (Å²) in [5, 5.41) is 0.799. The molecule has 0 unspecified atom stereocenters. The highest BCUT2D eigenvalue weighted by Crippen LogP contribution is 2.24. The number of aryl methyl sites for hydroxylation is 1. The lowest BCUT2D eigenvalue weighted by Gasteiger charge is -2.02. The van der Waals surface area contributed by atoms with Gasteiger partial charge in [-0.3, -0.25) is 4.79 Å². The Balaban J connectivity index is 2.10. The molecule has 0 amide bonds. The van der Waals surface area contributed by atoms with E-state index in [1.807, 2.05) is 25.1 Å². The van der Waals surface area contributed by atoms with Crippen LogP contribution in [0, 0.1) is 12.7 Å². The minimum absolute atomic E-state index is 0.0495. The summed E-state index contributed by atoms with van der Waals surface area (Å²) in [5.41, 5.74) is 2.95. The number of aromatic nitrogens is 1. The molecule has 0 spiro atoms. The predicted octanol–water partition coefficient (Wildman–Crippen LogP) is 4.50. The Labute approximate surface area is 120 Å². The fraction of sp³-hybridized carbons (Fsp3) is 0.0625. The van der Waals surface area contributed by atoms with Crippen LogP contribution in [-0.4, -0.2) is 10.8 Å². The summed E-state index contributed by atoms with van der Waals surface area (Å²) in [6, 6.07) is 9.82. The van der Waals surface area contributed by atoms with Crippen LogP contribution in [0.5, 0.6) is 0 Å². The molecule has 0 aliphatic rings. The fourth-order valence-corrected chi connectivity index (χ4v) is 2.40. The molecule has 0 aliphatic carbocycles. The van der Waals surface area contributed by atoms with Gasteiger partial charge in [-0.1, -0.05) is 23.7 Å². The van der Waals surface area contributed by atoms with Crippen molar-refractivity contribution in [2.45, 2.75) is 6.92 Å². The van der Waals surface area contributed by atoms with Gasteiger partial charge in [-0.15, -0.1) is 0 Å². The van der Waals surface area contributed by atoms with Crippen LogP contribution in [0.15, 0.2) is 42.6 Å². The largest absolute Gasteiger partial charge is 0.360 e. The maximum Gasteiger partial charge on any atom is 0.195 e. The van der Waals surface area contributed by atoms with Gasteiger partial charge in [0.2, 0.25) is 0 Å². The Morgan fingerprint density at radius 2 is 2.00 bits per heavy atom. The fourth-order valence-electron chi connectivity index (χ4n) is 2.22. The number of aromatic amines is 1. The monoisotopic (exact) mass is 287 g/mol. The Bertz CT molecular complexity index is 822. The molecular weight excluding hydrogens is 277 g/mol. The maximum atomic E-state index is 13.2. The molecule has 0 fully saturated rings. The van der Waals surface area contributed by atoms with Crippen molar-refractivity contribution in [3.63, 3.8) is 0 Å². The zero-order chi connectivity index (χ0) is 14.3. The van der Waals surface area contributed by atoms with Crippen molar-refractivity contribution >= 4 is 28.3 Å². The number of benzene rings is 2. The van der Waals surface area contributed by atoms with Crippen molar-refractivity contribution in [1.82, 2.24) is 4.98 Å². The topological polar surface area (TPSA) is 32.9 Å². The average Bonchev–Trinajstić information content (AvgIpc) is 2.84. The number of carbonyl (C=O) groups is 1. The van der Waals surface area contributed by atoms with Crippen molar-refractivity contribution in [1.29, 1.82) is 0 Å². The van der Waals surface area contributed by atoms with E-state index < -0.39 is 5.82 Å². The van der Waals surface area contributed by atoms with Gasteiger partial charge in [-0.05, 0) is 36.8 Å². The van der Waals surface area contributed by atoms with Crippen LogP contribution in [0.1, 0.15) is 21.5 Å². The van der Waals surface area contributed by atoms with Crippen LogP contribution in [-0.2, 0) is 0 Å². The normalized spacial score (nSPS) is 10.9. The van der Waals surface area contributed by atoms with Gasteiger partial charge in [0, 0.05) is 28.2 Å². The molecule has 0 bridgehead atoms. The molecule has 0 radical (unpaired) electrons. The van der Waals surface area contributed by atoms with Crippen LogP contribution in [0.25, 0.3) is 10.9 Å². The first kappa shape index (κ1) is 12.9. The second-order valence-electron chi connectivity index (χ2n) is 4.71. The number of hydrogen-bond acceptors (Lipinski definition) is 1. The number of nitrogens with one attached hydrogen (secondary N) is 1. The second kappa shape index (κ2) is 4.76. The average molecular weight is 288 g/mol. The molecule has 100 valence electrons. The number of ketones is 1. The molecule has 0 aliphatic heterocycles. The number of hydrogen-bond donors (Lipinski definition) is 1. The van der Waals surface area contributed by atoms with E-state index in [-0.39, 0.29) is 10.8 Å². The molecule has 2 aromatic carbocycles. The molecule has 1 N–H and O–H groups in total. The molecule has 1 heterocycles. The van der Waals surface area contributed by atoms with E-state index in [9.17, 15) is 9.18 Å². The highest BCUT2D eigenvalue weighted by atomic mass is 35.5. The van der Waals surface area contributed by atoms with Crippen molar-refractivity contribution in [3.05, 3.63) is 70.1 Å². The Kier molecular flexibility index (Phi) is 3.07. The molecule has 0 saturated heterocycles. The Morgan fingerprint density at radius 1 is 1.20 bits per heavy atom. The van der Waals surface area contributed by atoms with Crippen molar-refractivity contribution in [2.75, 3.05) is 0 Å². The van der Waals surface area contributed by atoms with Gasteiger partial charge in [-0.25, -0.2) is 4.39 Å². The smallest absolute Gasteiger partial charge is 0.195 e. The molecule has 3 rings (SSSR count). The van der Waals surface area contributed by atoms with Gasteiger partial charge in [-0.2, -0.15) is 0 Å². The summed E-state index contributed by atoms with van der Waals surface area (Å²) in [6.45, 7) is 1.99. The molecule has 1 aromatic heterocycles. The summed E-state index contributed by atoms with van der Waals surface area (Å²) in [6.07, 6.45) is 1.67. The first-order chi connectivity index (χ1) is 9.56. The number of halogens is 2. The molecule has 0 saturated carbocycles. The minimum atomic E-state index is -0.530. The minimum Gasteiger partial charge on any atom is -0.360 e. The van der Waals surface area contributed by atoms with E-state index in [1.165, 1.54) is 18.2 Å². The Hall–Kier alpha value is -2.13. The Morgan fingerprint density at radius 3 is 2.75 bits per heavy atom. The zero-order valence-electron chi connectivity index (χ0n) is 10.7. The third-order valence-electron chi connectivity index (χ3n) is 3.26. The summed E-state index contributed by atoms with van der Waals surface area (Å²) in [7, 11) is 0. The van der Waals surface area contributed by atoms with E-state index in [1.54, 1.807) is 6.20 Å². The highest BCUT2D eigenvalue weighted by molar-refractivity contribution is 6.31. The maximum absolute atomic E-state index is 13.2. The van der Waals surface area contributed by atoms with E-state index in [2.05, 4.69) is 4.98 Å². The number of carbonyl (C=O) groups excluding carboxylic acids is 1. The lowest BCUT2D eigenvalue weighted by atomic mass is 10.0. The predicted molar refractivity (Wildman–Crippen MR) is 77.9 cm³/mol. The summed E-state index contributed by atoms with van der Waals surface area (Å²) < 4.78 is 13.2. The molecule has 4 heteroatoms. The first-order valence-corrected chi connectivity index (χ1v) is 6.51. The van der Waals surface area contributed by atoms with Gasteiger partial charge < -0.3 is 4.98 Å². The molecule has 2 nitrogen and oxygen atoms in total. The summed E-state index contributed by atoms with van der Waals surface area (Å²) >= 11 is 5.72. The van der Waals surface area contributed by atoms with Gasteiger partial charge >= 0.3 is 0 Å². The third kappa shape index (κ3) is 2.10. The van der Waals surface area contributed by atoms with Crippen molar-refractivity contribution in [2.24, 2.45) is 0 Å². The van der Waals surface area contributed by atoms with E-state index in [0.29, 0.717) is 11.1 Å². The quantitative estimate of drug-likeness (QED) is 0.692. The van der Waals surface area contributed by atoms with Crippen molar-refractivity contribution in [3.8, 4) is 0 Å². The lowest BCUT2D eigenvalue weighted by molar-refractivity contribution is 0.104. The van der Waals surface area contributed by atoms with Crippen molar-refractivity contribution < 1.29 is 9.18 Å². The summed E-state index contributed by atoms with van der Waals surface area (Å²) in [5.74, 6) is -0.709. The van der Waals surface area contributed by atoms with Gasteiger partial charge in [0.25, 0.3) is 0 Å². The number of fused-ring (bicyclic) bond motifs is 1. The lowest BCUT2D eigenvalue weighted by Crippen LogP contribution is -2.00. The molecule has 0 atom stereocenters. The molecule has 3 aromatic rings. The highest BCUT2D eigenvalue weighted by Gasteiger charge is 2.15. The van der Waals surface area contributed by atoms with Crippen LogP contribution >= 0.6 is 11.6 Å². The van der Waals surface area contributed by atoms with Gasteiger partial charge in [0.05, 0.1) is 5.02 Å². The second-order valence-corrected chi connectivity index (χ2v) is 5.12. The standard InChI is InChI=1S/C16H11ClFNO/c1-9-2-4-11-12(8-19-15(11)6-9)16(20)10-3-5-14(18)13(17)7-10/h2-8,19H,1H3. The first-order valence-electron chi connectivity index (χ1n) is 6.14. The molecular formula is C16H11ClFNO.